The topological polar surface area (TPSA) is 122 Å². The van der Waals surface area contributed by atoms with Crippen molar-refractivity contribution in [2.24, 2.45) is 0 Å². The monoisotopic (exact) mass is 549 g/mol. The summed E-state index contributed by atoms with van der Waals surface area (Å²) in [6.07, 6.45) is 3.21. The third-order valence-corrected chi connectivity index (χ3v) is 9.52. The number of carbonyl (C=O) groups excluding carboxylic acids is 3. The van der Waals surface area contributed by atoms with Crippen LogP contribution in [0.3, 0.4) is 0 Å². The van der Waals surface area contributed by atoms with Crippen LogP contribution >= 0.6 is 11.3 Å². The van der Waals surface area contributed by atoms with Crippen LogP contribution in [0.25, 0.3) is 0 Å². The van der Waals surface area contributed by atoms with Crippen LogP contribution in [0.1, 0.15) is 57.8 Å². The SMILES string of the molecule is CCOC(=O)c1c(NC(=O)c2ccc(S(=O)(=O)N3CCN(C(=O)OCC)CC3)cc2)sc2c1CCCC2. The number of fused-ring (bicyclic) bond motifs is 1. The number of carbonyl (C=O) groups is 3. The quantitative estimate of drug-likeness (QED) is 0.525. The Labute approximate surface area is 220 Å². The normalized spacial score (nSPS) is 16.1. The van der Waals surface area contributed by atoms with Crippen LogP contribution in [-0.2, 0) is 32.3 Å². The minimum Gasteiger partial charge on any atom is -0.462 e. The number of hydrogen-bond donors (Lipinski definition) is 1. The van der Waals surface area contributed by atoms with Crippen LogP contribution in [0.2, 0.25) is 0 Å². The summed E-state index contributed by atoms with van der Waals surface area (Å²) in [5.41, 5.74) is 1.65. The molecular formula is C25H31N3O7S2. The molecule has 2 heterocycles. The summed E-state index contributed by atoms with van der Waals surface area (Å²) in [4.78, 5) is 40.2. The van der Waals surface area contributed by atoms with Crippen molar-refractivity contribution in [3.8, 4) is 0 Å². The van der Waals surface area contributed by atoms with Crippen molar-refractivity contribution in [1.29, 1.82) is 0 Å². The second-order valence-corrected chi connectivity index (χ2v) is 11.7. The second-order valence-electron chi connectivity index (χ2n) is 8.70. The van der Waals surface area contributed by atoms with Gasteiger partial charge < -0.3 is 19.7 Å². The Bertz CT molecular complexity index is 1260. The molecule has 10 nitrogen and oxygen atoms in total. The van der Waals surface area contributed by atoms with Gasteiger partial charge in [-0.25, -0.2) is 18.0 Å². The number of anilines is 1. The molecule has 2 aromatic rings. The largest absolute Gasteiger partial charge is 0.462 e. The third-order valence-electron chi connectivity index (χ3n) is 6.40. The van der Waals surface area contributed by atoms with E-state index in [4.69, 9.17) is 9.47 Å². The molecule has 1 aromatic heterocycles. The van der Waals surface area contributed by atoms with Gasteiger partial charge in [-0.3, -0.25) is 4.79 Å². The van der Waals surface area contributed by atoms with Gasteiger partial charge in [0.15, 0.2) is 0 Å². The highest BCUT2D eigenvalue weighted by Gasteiger charge is 2.31. The highest BCUT2D eigenvalue weighted by Crippen LogP contribution is 2.38. The summed E-state index contributed by atoms with van der Waals surface area (Å²) < 4.78 is 37.7. The number of benzene rings is 1. The van der Waals surface area contributed by atoms with Gasteiger partial charge in [-0.1, -0.05) is 0 Å². The van der Waals surface area contributed by atoms with E-state index >= 15 is 0 Å². The lowest BCUT2D eigenvalue weighted by Crippen LogP contribution is -2.50. The lowest BCUT2D eigenvalue weighted by molar-refractivity contribution is 0.0526. The zero-order valence-corrected chi connectivity index (χ0v) is 22.6. The number of amides is 2. The summed E-state index contributed by atoms with van der Waals surface area (Å²) in [5.74, 6) is -0.877. The molecule has 1 fully saturated rings. The van der Waals surface area contributed by atoms with Gasteiger partial charge in [0, 0.05) is 36.6 Å². The summed E-state index contributed by atoms with van der Waals surface area (Å²) in [6.45, 7) is 4.76. The molecule has 1 N–H and O–H groups in total. The third kappa shape index (κ3) is 5.81. The standard InChI is InChI=1S/C25H31N3O7S2/c1-3-34-24(30)21-19-7-5-6-8-20(19)36-23(21)26-22(29)17-9-11-18(12-10-17)37(32,33)28-15-13-27(14-16-28)25(31)35-4-2/h9-12H,3-8,13-16H2,1-2H3,(H,26,29). The Hall–Kier alpha value is -2.96. The zero-order valence-electron chi connectivity index (χ0n) is 20.9. The Morgan fingerprint density at radius 1 is 0.946 bits per heavy atom. The van der Waals surface area contributed by atoms with Crippen molar-refractivity contribution in [2.75, 3.05) is 44.7 Å². The molecule has 0 atom stereocenters. The second kappa shape index (κ2) is 11.6. The maximum absolute atomic E-state index is 13.1. The summed E-state index contributed by atoms with van der Waals surface area (Å²) in [7, 11) is -3.79. The van der Waals surface area contributed by atoms with Gasteiger partial charge in [0.2, 0.25) is 10.0 Å². The first kappa shape index (κ1) is 27.1. The van der Waals surface area contributed by atoms with Crippen LogP contribution in [-0.4, -0.2) is 75.0 Å². The molecular weight excluding hydrogens is 518 g/mol. The Kier molecular flexibility index (Phi) is 8.50. The molecule has 2 aliphatic rings. The highest BCUT2D eigenvalue weighted by molar-refractivity contribution is 7.89. The molecule has 200 valence electrons. The van der Waals surface area contributed by atoms with E-state index in [1.807, 2.05) is 0 Å². The van der Waals surface area contributed by atoms with Crippen molar-refractivity contribution in [2.45, 2.75) is 44.4 Å². The van der Waals surface area contributed by atoms with Crippen LogP contribution in [0.5, 0.6) is 0 Å². The first-order chi connectivity index (χ1) is 17.8. The molecule has 1 aliphatic carbocycles. The van der Waals surface area contributed by atoms with E-state index in [0.717, 1.165) is 36.1 Å². The Balaban J connectivity index is 1.46. The van der Waals surface area contributed by atoms with E-state index in [0.29, 0.717) is 10.6 Å². The number of piperazine rings is 1. The minimum absolute atomic E-state index is 0.0624. The van der Waals surface area contributed by atoms with Gasteiger partial charge in [0.25, 0.3) is 5.91 Å². The minimum atomic E-state index is -3.79. The predicted molar refractivity (Wildman–Crippen MR) is 139 cm³/mol. The van der Waals surface area contributed by atoms with E-state index in [-0.39, 0.29) is 49.9 Å². The zero-order chi connectivity index (χ0) is 26.6. The van der Waals surface area contributed by atoms with Gasteiger partial charge in [-0.05, 0) is 69.4 Å². The molecule has 1 saturated heterocycles. The predicted octanol–water partition coefficient (Wildman–Crippen LogP) is 3.52. The van der Waals surface area contributed by atoms with Crippen LogP contribution in [0.4, 0.5) is 9.80 Å². The lowest BCUT2D eigenvalue weighted by atomic mass is 9.95. The van der Waals surface area contributed by atoms with Gasteiger partial charge in [-0.15, -0.1) is 11.3 Å². The van der Waals surface area contributed by atoms with Crippen LogP contribution in [0, 0.1) is 0 Å². The number of rotatable bonds is 7. The molecule has 12 heteroatoms. The maximum Gasteiger partial charge on any atom is 0.409 e. The van der Waals surface area contributed by atoms with E-state index in [2.05, 4.69) is 5.32 Å². The summed E-state index contributed by atoms with van der Waals surface area (Å²) in [6, 6.07) is 5.70. The Morgan fingerprint density at radius 3 is 2.24 bits per heavy atom. The highest BCUT2D eigenvalue weighted by atomic mass is 32.2. The molecule has 4 rings (SSSR count). The Morgan fingerprint density at radius 2 is 1.59 bits per heavy atom. The van der Waals surface area contributed by atoms with E-state index in [9.17, 15) is 22.8 Å². The van der Waals surface area contributed by atoms with Gasteiger partial charge in [-0.2, -0.15) is 4.31 Å². The molecule has 0 bridgehead atoms. The van der Waals surface area contributed by atoms with Crippen LogP contribution in [0.15, 0.2) is 29.2 Å². The molecule has 1 aromatic carbocycles. The number of esters is 1. The number of sulfonamides is 1. The molecule has 2 amide bonds. The molecule has 1 aliphatic heterocycles. The van der Waals surface area contributed by atoms with Crippen molar-refractivity contribution in [1.82, 2.24) is 9.21 Å². The summed E-state index contributed by atoms with van der Waals surface area (Å²) >= 11 is 1.40. The van der Waals surface area contributed by atoms with Crippen LogP contribution < -0.4 is 5.32 Å². The number of aryl methyl sites for hydroxylation is 1. The lowest BCUT2D eigenvalue weighted by Gasteiger charge is -2.33. The average Bonchev–Trinajstić information content (AvgIpc) is 3.27. The van der Waals surface area contributed by atoms with Gasteiger partial charge in [0.05, 0.1) is 23.7 Å². The van der Waals surface area contributed by atoms with Crippen molar-refractivity contribution in [3.63, 3.8) is 0 Å². The number of thiophene rings is 1. The fourth-order valence-corrected chi connectivity index (χ4v) is 7.20. The fourth-order valence-electron chi connectivity index (χ4n) is 4.50. The number of nitrogens with zero attached hydrogens (tertiary/aromatic N) is 2. The molecule has 0 spiro atoms. The number of hydrogen-bond acceptors (Lipinski definition) is 8. The molecule has 0 unspecified atom stereocenters. The maximum atomic E-state index is 13.1. The smallest absolute Gasteiger partial charge is 0.409 e. The molecule has 0 radical (unpaired) electrons. The van der Waals surface area contributed by atoms with Gasteiger partial charge in [0.1, 0.15) is 5.00 Å². The molecule has 37 heavy (non-hydrogen) atoms. The summed E-state index contributed by atoms with van der Waals surface area (Å²) in [5, 5.41) is 3.30. The number of nitrogens with one attached hydrogen (secondary N) is 1. The van der Waals surface area contributed by atoms with E-state index in [1.54, 1.807) is 13.8 Å². The first-order valence-corrected chi connectivity index (χ1v) is 14.7. The number of ether oxygens (including phenoxy) is 2. The van der Waals surface area contributed by atoms with Crippen molar-refractivity contribution < 1.29 is 32.3 Å². The average molecular weight is 550 g/mol. The first-order valence-electron chi connectivity index (χ1n) is 12.4. The van der Waals surface area contributed by atoms with Gasteiger partial charge >= 0.3 is 12.1 Å². The molecule has 0 saturated carbocycles. The van der Waals surface area contributed by atoms with E-state index < -0.39 is 28.0 Å². The van der Waals surface area contributed by atoms with Crippen molar-refractivity contribution in [3.05, 3.63) is 45.8 Å². The fraction of sp³-hybridized carbons (Fsp3) is 0.480. The van der Waals surface area contributed by atoms with E-state index in [1.165, 1.54) is 44.8 Å². The van der Waals surface area contributed by atoms with Crippen molar-refractivity contribution >= 4 is 44.3 Å².